The minimum absolute atomic E-state index is 0.833. The van der Waals surface area contributed by atoms with Crippen LogP contribution < -0.4 is 0 Å². The van der Waals surface area contributed by atoms with Crippen LogP contribution in [0.3, 0.4) is 0 Å². The molecule has 3 heteroatoms. The molecule has 1 N–H and O–H groups in total. The second kappa shape index (κ2) is 16.0. The largest absolute Gasteiger partial charge is 0.324 e. The maximum absolute atomic E-state index is 8.46. The molecular weight excluding hydrogens is 147 g/mol. The summed E-state index contributed by atoms with van der Waals surface area (Å²) in [6, 6.07) is 0. The third-order valence-electron chi connectivity index (χ3n) is 1.21. The van der Waals surface area contributed by atoms with Gasteiger partial charge in [-0.25, -0.2) is 4.57 Å². The maximum Gasteiger partial charge on any atom is 0.324 e. The van der Waals surface area contributed by atoms with E-state index in [0.29, 0.717) is 0 Å². The molecule has 0 saturated heterocycles. The average molecular weight is 164 g/mol. The lowest BCUT2D eigenvalue weighted by Gasteiger charge is -1.90. The van der Waals surface area contributed by atoms with E-state index in [1.54, 1.807) is 0 Å². The van der Waals surface area contributed by atoms with E-state index < -0.39 is 8.69 Å². The lowest BCUT2D eigenvalue weighted by Crippen LogP contribution is -1.70. The first-order valence-corrected chi connectivity index (χ1v) is 4.56. The van der Waals surface area contributed by atoms with Gasteiger partial charge in [-0.3, -0.25) is 0 Å². The minimum atomic E-state index is -0.833. The monoisotopic (exact) mass is 164 g/mol. The SMILES string of the molecule is CCCCCCC.O=PO. The summed E-state index contributed by atoms with van der Waals surface area (Å²) in [4.78, 5) is 6.99. The van der Waals surface area contributed by atoms with Crippen molar-refractivity contribution in [2.45, 2.75) is 46.0 Å². The molecule has 0 rings (SSSR count). The third-order valence-corrected chi connectivity index (χ3v) is 1.21. The Morgan fingerprint density at radius 3 is 1.60 bits per heavy atom. The van der Waals surface area contributed by atoms with Crippen molar-refractivity contribution in [2.24, 2.45) is 0 Å². The van der Waals surface area contributed by atoms with Crippen molar-refractivity contribution >= 4 is 8.69 Å². The van der Waals surface area contributed by atoms with E-state index in [-0.39, 0.29) is 0 Å². The summed E-state index contributed by atoms with van der Waals surface area (Å²) < 4.78 is 8.46. The number of rotatable bonds is 4. The topological polar surface area (TPSA) is 37.3 Å². The van der Waals surface area contributed by atoms with Gasteiger partial charge in [0.25, 0.3) is 0 Å². The van der Waals surface area contributed by atoms with Gasteiger partial charge < -0.3 is 4.89 Å². The number of hydrogen-bond donors (Lipinski definition) is 1. The zero-order valence-electron chi connectivity index (χ0n) is 6.84. The molecule has 0 aromatic heterocycles. The van der Waals surface area contributed by atoms with Gasteiger partial charge in [0, 0.05) is 0 Å². The Bertz CT molecular complexity index is 53.6. The van der Waals surface area contributed by atoms with Crippen molar-refractivity contribution in [3.8, 4) is 0 Å². The maximum atomic E-state index is 8.46. The van der Waals surface area contributed by atoms with Crippen LogP contribution in [-0.4, -0.2) is 4.89 Å². The van der Waals surface area contributed by atoms with E-state index in [2.05, 4.69) is 13.8 Å². The van der Waals surface area contributed by atoms with Crippen LogP contribution in [0.15, 0.2) is 0 Å². The number of hydrogen-bond acceptors (Lipinski definition) is 1. The van der Waals surface area contributed by atoms with Crippen molar-refractivity contribution in [3.63, 3.8) is 0 Å². The molecule has 0 aliphatic heterocycles. The lowest BCUT2D eigenvalue weighted by atomic mass is 10.2. The molecule has 0 aliphatic carbocycles. The first-order valence-electron chi connectivity index (χ1n) is 3.80. The van der Waals surface area contributed by atoms with Crippen molar-refractivity contribution in [2.75, 3.05) is 0 Å². The smallest absolute Gasteiger partial charge is 0.310 e. The van der Waals surface area contributed by atoms with Gasteiger partial charge in [-0.2, -0.15) is 0 Å². The van der Waals surface area contributed by atoms with Crippen molar-refractivity contribution < 1.29 is 9.46 Å². The van der Waals surface area contributed by atoms with Crippen molar-refractivity contribution in [1.82, 2.24) is 0 Å². The summed E-state index contributed by atoms with van der Waals surface area (Å²) in [5.41, 5.74) is 0. The van der Waals surface area contributed by atoms with Crippen LogP contribution in [0.4, 0.5) is 0 Å². The molecule has 0 saturated carbocycles. The first-order chi connectivity index (χ1) is 4.83. The Morgan fingerprint density at radius 1 is 1.10 bits per heavy atom. The summed E-state index contributed by atoms with van der Waals surface area (Å²) >= 11 is 0. The molecule has 0 bridgehead atoms. The first kappa shape index (κ1) is 12.7. The van der Waals surface area contributed by atoms with Crippen molar-refractivity contribution in [1.29, 1.82) is 0 Å². The highest BCUT2D eigenvalue weighted by Crippen LogP contribution is 2.00. The molecule has 0 aromatic carbocycles. The van der Waals surface area contributed by atoms with E-state index in [9.17, 15) is 0 Å². The summed E-state index contributed by atoms with van der Waals surface area (Å²) in [7, 11) is -0.833. The Balaban J connectivity index is 0. The lowest BCUT2D eigenvalue weighted by molar-refractivity contribution is 0.524. The highest BCUT2D eigenvalue weighted by atomic mass is 31.1. The van der Waals surface area contributed by atoms with E-state index in [4.69, 9.17) is 9.46 Å². The molecule has 0 aromatic rings. The molecule has 0 spiro atoms. The molecule has 0 aliphatic rings. The fraction of sp³-hybridized carbons (Fsp3) is 1.00. The molecule has 0 radical (unpaired) electrons. The van der Waals surface area contributed by atoms with Gasteiger partial charge in [0.2, 0.25) is 0 Å². The molecule has 0 heterocycles. The van der Waals surface area contributed by atoms with Crippen molar-refractivity contribution in [3.05, 3.63) is 0 Å². The summed E-state index contributed by atoms with van der Waals surface area (Å²) in [6.45, 7) is 4.49. The quantitative estimate of drug-likeness (QED) is 0.511. The molecule has 10 heavy (non-hydrogen) atoms. The van der Waals surface area contributed by atoms with Crippen LogP contribution in [0, 0.1) is 0 Å². The Morgan fingerprint density at radius 2 is 1.40 bits per heavy atom. The van der Waals surface area contributed by atoms with Crippen LogP contribution in [0.5, 0.6) is 0 Å². The highest BCUT2D eigenvalue weighted by molar-refractivity contribution is 7.16. The van der Waals surface area contributed by atoms with E-state index in [0.717, 1.165) is 0 Å². The van der Waals surface area contributed by atoms with E-state index in [1.165, 1.54) is 32.1 Å². The normalized spacial score (nSPS) is 8.70. The van der Waals surface area contributed by atoms with Crippen LogP contribution in [0.2, 0.25) is 0 Å². The molecule has 0 atom stereocenters. The zero-order valence-corrected chi connectivity index (χ0v) is 7.73. The molecule has 0 amide bonds. The zero-order chi connectivity index (χ0) is 8.24. The van der Waals surface area contributed by atoms with Crippen LogP contribution in [-0.2, 0) is 4.57 Å². The standard InChI is InChI=1S/C7H16.HO2P/c1-3-5-7-6-4-2;1-3-2/h3-7H2,1-2H3;(H,1,2). The third kappa shape index (κ3) is 24.4. The van der Waals surface area contributed by atoms with Gasteiger partial charge in [0.1, 0.15) is 0 Å². The van der Waals surface area contributed by atoms with Crippen LogP contribution >= 0.6 is 8.69 Å². The second-order valence-electron chi connectivity index (χ2n) is 2.14. The summed E-state index contributed by atoms with van der Waals surface area (Å²) in [6.07, 6.45) is 7.01. The average Bonchev–Trinajstić information content (AvgIpc) is 1.91. The molecule has 0 unspecified atom stereocenters. The van der Waals surface area contributed by atoms with Gasteiger partial charge in [-0.1, -0.05) is 46.0 Å². The predicted molar refractivity (Wildman–Crippen MR) is 44.3 cm³/mol. The van der Waals surface area contributed by atoms with Crippen LogP contribution in [0.1, 0.15) is 46.0 Å². The molecular formula is C7H17O2P. The van der Waals surface area contributed by atoms with Crippen LogP contribution in [0.25, 0.3) is 0 Å². The van der Waals surface area contributed by atoms with E-state index >= 15 is 0 Å². The summed E-state index contributed by atoms with van der Waals surface area (Å²) in [5, 5.41) is 0. The van der Waals surface area contributed by atoms with Gasteiger partial charge in [-0.05, 0) is 0 Å². The fourth-order valence-corrected chi connectivity index (χ4v) is 0.677. The van der Waals surface area contributed by atoms with Gasteiger partial charge in [0.15, 0.2) is 0 Å². The Hall–Kier alpha value is 0.0600. The molecule has 62 valence electrons. The van der Waals surface area contributed by atoms with Gasteiger partial charge in [-0.15, -0.1) is 0 Å². The van der Waals surface area contributed by atoms with E-state index in [1.807, 2.05) is 0 Å². The molecule has 2 nitrogen and oxygen atoms in total. The Kier molecular flexibility index (Phi) is 20.4. The molecule has 0 fully saturated rings. The second-order valence-corrected chi connectivity index (χ2v) is 2.31. The number of unbranched alkanes of at least 4 members (excludes halogenated alkanes) is 4. The fourth-order valence-electron chi connectivity index (χ4n) is 0.677. The minimum Gasteiger partial charge on any atom is -0.310 e. The predicted octanol–water partition coefficient (Wildman–Crippen LogP) is 3.16. The Labute approximate surface area is 64.9 Å². The van der Waals surface area contributed by atoms with Gasteiger partial charge in [0.05, 0.1) is 0 Å². The van der Waals surface area contributed by atoms with Gasteiger partial charge >= 0.3 is 8.69 Å². The summed E-state index contributed by atoms with van der Waals surface area (Å²) in [5.74, 6) is 0. The highest BCUT2D eigenvalue weighted by Gasteiger charge is 1.80.